The zero-order chi connectivity index (χ0) is 9.61. The maximum atomic E-state index is 9.12. The Balaban J connectivity index is 0.000000561. The number of hydrogen-bond acceptors (Lipinski definition) is 2. The van der Waals surface area contributed by atoms with Gasteiger partial charge >= 0.3 is 0 Å². The van der Waals surface area contributed by atoms with Crippen molar-refractivity contribution < 1.29 is 5.11 Å². The Bertz CT molecular complexity index is 184. The molecule has 0 fully saturated rings. The molecule has 0 aromatic carbocycles. The maximum absolute atomic E-state index is 9.12. The van der Waals surface area contributed by atoms with Gasteiger partial charge in [0.25, 0.3) is 0 Å². The Labute approximate surface area is 75.0 Å². The van der Waals surface area contributed by atoms with Crippen LogP contribution in [0.2, 0.25) is 0 Å². The number of aliphatic imine (C=N–C) groups is 1. The molecule has 0 saturated carbocycles. The third-order valence-electron chi connectivity index (χ3n) is 1.90. The summed E-state index contributed by atoms with van der Waals surface area (Å²) in [5.41, 5.74) is -0.0116. The first-order chi connectivity index (χ1) is 5.66. The fourth-order valence-electron chi connectivity index (χ4n) is 1.00. The topological polar surface area (TPSA) is 32.6 Å². The molecule has 1 atom stereocenters. The minimum absolute atomic E-state index is 0.0116. The Morgan fingerprint density at radius 1 is 1.58 bits per heavy atom. The van der Waals surface area contributed by atoms with Gasteiger partial charge in [-0.2, -0.15) is 0 Å². The number of hydrogen-bond donors (Lipinski definition) is 1. The fraction of sp³-hybridized carbons (Fsp3) is 0.700. The van der Waals surface area contributed by atoms with E-state index in [2.05, 4.69) is 18.8 Å². The lowest BCUT2D eigenvalue weighted by atomic mass is 9.87. The van der Waals surface area contributed by atoms with Crippen LogP contribution in [-0.4, -0.2) is 17.9 Å². The fourth-order valence-corrected chi connectivity index (χ4v) is 1.00. The molecule has 0 saturated heterocycles. The van der Waals surface area contributed by atoms with Gasteiger partial charge in [-0.15, -0.1) is 0 Å². The molecule has 1 aliphatic heterocycles. The molecule has 1 heterocycles. The lowest BCUT2D eigenvalue weighted by molar-refractivity contribution is 0.382. The van der Waals surface area contributed by atoms with Crippen molar-refractivity contribution in [2.75, 3.05) is 6.54 Å². The molecule has 0 aromatic rings. The van der Waals surface area contributed by atoms with Crippen LogP contribution in [-0.2, 0) is 0 Å². The predicted molar refractivity (Wildman–Crippen MR) is 53.8 cm³/mol. The van der Waals surface area contributed by atoms with Crippen molar-refractivity contribution >= 4 is 6.21 Å². The number of allylic oxidation sites excluding steroid dienone is 1. The average Bonchev–Trinajstić information content (AvgIpc) is 2.08. The van der Waals surface area contributed by atoms with E-state index in [-0.39, 0.29) is 5.41 Å². The van der Waals surface area contributed by atoms with Crippen LogP contribution in [0, 0.1) is 5.41 Å². The minimum Gasteiger partial charge on any atom is -0.511 e. The molecule has 1 unspecified atom stereocenters. The van der Waals surface area contributed by atoms with Crippen LogP contribution in [0.5, 0.6) is 0 Å². The zero-order valence-electron chi connectivity index (χ0n) is 8.46. The van der Waals surface area contributed by atoms with E-state index >= 15 is 0 Å². The Kier molecular flexibility index (Phi) is 4.64. The molecule has 1 aliphatic rings. The summed E-state index contributed by atoms with van der Waals surface area (Å²) in [7, 11) is 0. The molecular formula is C10H19NO. The lowest BCUT2D eigenvalue weighted by Crippen LogP contribution is -2.18. The van der Waals surface area contributed by atoms with Gasteiger partial charge in [0, 0.05) is 11.6 Å². The quantitative estimate of drug-likeness (QED) is 0.643. The molecule has 2 heteroatoms. The monoisotopic (exact) mass is 169 g/mol. The predicted octanol–water partition coefficient (Wildman–Crippen LogP) is 2.96. The Morgan fingerprint density at radius 3 is 2.50 bits per heavy atom. The largest absolute Gasteiger partial charge is 0.511 e. The molecule has 0 amide bonds. The van der Waals surface area contributed by atoms with E-state index in [9.17, 15) is 0 Å². The first-order valence-electron chi connectivity index (χ1n) is 4.58. The van der Waals surface area contributed by atoms with Crippen molar-refractivity contribution in [3.8, 4) is 0 Å². The van der Waals surface area contributed by atoms with Gasteiger partial charge < -0.3 is 5.11 Å². The van der Waals surface area contributed by atoms with Gasteiger partial charge in [-0.25, -0.2) is 0 Å². The highest BCUT2D eigenvalue weighted by atomic mass is 16.3. The van der Waals surface area contributed by atoms with Gasteiger partial charge in [0.1, 0.15) is 5.76 Å². The SMILES string of the molecule is CC.CCC1(C)C=NCC(O)=C1. The normalized spacial score (nSPS) is 27.2. The highest BCUT2D eigenvalue weighted by Crippen LogP contribution is 2.24. The summed E-state index contributed by atoms with van der Waals surface area (Å²) in [5.74, 6) is 0.395. The second kappa shape index (κ2) is 4.96. The van der Waals surface area contributed by atoms with Crippen molar-refractivity contribution in [1.29, 1.82) is 0 Å². The zero-order valence-corrected chi connectivity index (χ0v) is 8.46. The number of rotatable bonds is 1. The molecule has 0 aliphatic carbocycles. The average molecular weight is 169 g/mol. The Morgan fingerprint density at radius 2 is 2.17 bits per heavy atom. The summed E-state index contributed by atoms with van der Waals surface area (Å²) in [6.07, 6.45) is 4.77. The molecule has 0 bridgehead atoms. The van der Waals surface area contributed by atoms with Crippen LogP contribution in [0.25, 0.3) is 0 Å². The van der Waals surface area contributed by atoms with E-state index in [1.807, 2.05) is 26.1 Å². The Hall–Kier alpha value is -0.790. The molecule has 1 rings (SSSR count). The van der Waals surface area contributed by atoms with E-state index < -0.39 is 0 Å². The van der Waals surface area contributed by atoms with Gasteiger partial charge in [-0.05, 0) is 12.5 Å². The third-order valence-corrected chi connectivity index (χ3v) is 1.90. The van der Waals surface area contributed by atoms with E-state index in [1.165, 1.54) is 0 Å². The number of dihydropyridines is 1. The van der Waals surface area contributed by atoms with E-state index in [0.717, 1.165) is 6.42 Å². The molecule has 1 N–H and O–H groups in total. The standard InChI is InChI=1S/C8H13NO.C2H6/c1-3-8(2)4-7(10)5-9-6-8;1-2/h4,6,10H,3,5H2,1-2H3;1-2H3. The summed E-state index contributed by atoms with van der Waals surface area (Å²) in [6, 6.07) is 0. The van der Waals surface area contributed by atoms with Crippen LogP contribution in [0.3, 0.4) is 0 Å². The van der Waals surface area contributed by atoms with Crippen molar-refractivity contribution in [3.05, 3.63) is 11.8 Å². The van der Waals surface area contributed by atoms with Gasteiger partial charge in [0.15, 0.2) is 0 Å². The number of nitrogens with zero attached hydrogens (tertiary/aromatic N) is 1. The van der Waals surface area contributed by atoms with Gasteiger partial charge in [0.05, 0.1) is 6.54 Å². The van der Waals surface area contributed by atoms with Crippen molar-refractivity contribution in [2.24, 2.45) is 10.4 Å². The molecule has 0 radical (unpaired) electrons. The summed E-state index contributed by atoms with van der Waals surface area (Å²) in [5, 5.41) is 9.12. The third kappa shape index (κ3) is 3.07. The van der Waals surface area contributed by atoms with Gasteiger partial charge in [0.2, 0.25) is 0 Å². The smallest absolute Gasteiger partial charge is 0.111 e. The maximum Gasteiger partial charge on any atom is 0.111 e. The summed E-state index contributed by atoms with van der Waals surface area (Å²) < 4.78 is 0. The molecule has 2 nitrogen and oxygen atoms in total. The van der Waals surface area contributed by atoms with Crippen LogP contribution in [0.15, 0.2) is 16.8 Å². The highest BCUT2D eigenvalue weighted by Gasteiger charge is 2.19. The summed E-state index contributed by atoms with van der Waals surface area (Å²) in [6.45, 7) is 8.60. The van der Waals surface area contributed by atoms with Crippen LogP contribution < -0.4 is 0 Å². The number of aliphatic hydroxyl groups is 1. The molecular weight excluding hydrogens is 150 g/mol. The van der Waals surface area contributed by atoms with Crippen LogP contribution in [0.1, 0.15) is 34.1 Å². The van der Waals surface area contributed by atoms with Crippen molar-refractivity contribution in [2.45, 2.75) is 34.1 Å². The highest BCUT2D eigenvalue weighted by molar-refractivity contribution is 5.69. The first-order valence-corrected chi connectivity index (χ1v) is 4.58. The first kappa shape index (κ1) is 11.2. The summed E-state index contributed by atoms with van der Waals surface area (Å²) >= 11 is 0. The van der Waals surface area contributed by atoms with Crippen molar-refractivity contribution in [1.82, 2.24) is 0 Å². The van der Waals surface area contributed by atoms with Crippen LogP contribution in [0.4, 0.5) is 0 Å². The van der Waals surface area contributed by atoms with Crippen molar-refractivity contribution in [3.63, 3.8) is 0 Å². The lowest BCUT2D eigenvalue weighted by Gasteiger charge is -2.21. The minimum atomic E-state index is -0.0116. The van der Waals surface area contributed by atoms with E-state index in [0.29, 0.717) is 12.3 Å². The summed E-state index contributed by atoms with van der Waals surface area (Å²) in [4.78, 5) is 4.04. The van der Waals surface area contributed by atoms with Gasteiger partial charge in [-0.1, -0.05) is 27.7 Å². The molecule has 12 heavy (non-hydrogen) atoms. The molecule has 0 spiro atoms. The molecule has 70 valence electrons. The second-order valence-electron chi connectivity index (χ2n) is 2.96. The van der Waals surface area contributed by atoms with Crippen LogP contribution >= 0.6 is 0 Å². The second-order valence-corrected chi connectivity index (χ2v) is 2.96. The van der Waals surface area contributed by atoms with E-state index in [1.54, 1.807) is 0 Å². The van der Waals surface area contributed by atoms with E-state index in [4.69, 9.17) is 5.11 Å². The van der Waals surface area contributed by atoms with Gasteiger partial charge in [-0.3, -0.25) is 4.99 Å². The molecule has 0 aromatic heterocycles. The number of aliphatic hydroxyl groups excluding tert-OH is 1.